The van der Waals surface area contributed by atoms with Crippen LogP contribution in [0.15, 0.2) is 0 Å². The van der Waals surface area contributed by atoms with E-state index in [4.69, 9.17) is 5.11 Å². The van der Waals surface area contributed by atoms with Crippen LogP contribution in [0.2, 0.25) is 0 Å². The molecule has 1 nitrogen and oxygen atoms in total. The van der Waals surface area contributed by atoms with Crippen molar-refractivity contribution in [1.82, 2.24) is 0 Å². The van der Waals surface area contributed by atoms with Gasteiger partial charge < -0.3 is 5.11 Å². The van der Waals surface area contributed by atoms with Crippen LogP contribution in [0.3, 0.4) is 0 Å². The van der Waals surface area contributed by atoms with Gasteiger partial charge in [-0.25, -0.2) is 0 Å². The van der Waals surface area contributed by atoms with Crippen LogP contribution < -0.4 is 0 Å². The number of halogens is 4. The SMILES string of the molecule is CO.Cl.Cl.Cl.Cl.[Ti]. The Hall–Kier alpha value is 1.83. The Morgan fingerprint density at radius 3 is 0.714 bits per heavy atom. The average Bonchev–Trinajstić information content (AvgIpc) is 1.00. The largest absolute Gasteiger partial charge is 0.400 e. The summed E-state index contributed by atoms with van der Waals surface area (Å²) in [6.07, 6.45) is 0. The molecule has 6 heteroatoms. The molecule has 0 bridgehead atoms. The van der Waals surface area contributed by atoms with Gasteiger partial charge in [-0.3, -0.25) is 0 Å². The van der Waals surface area contributed by atoms with Crippen LogP contribution in [-0.2, 0) is 21.7 Å². The second kappa shape index (κ2) is 109. The fourth-order valence-electron chi connectivity index (χ4n) is 0. The molecule has 0 aliphatic heterocycles. The third kappa shape index (κ3) is 79.3. The van der Waals surface area contributed by atoms with Crippen LogP contribution in [0.25, 0.3) is 0 Å². The van der Waals surface area contributed by atoms with E-state index in [9.17, 15) is 0 Å². The van der Waals surface area contributed by atoms with Gasteiger partial charge in [0.05, 0.1) is 0 Å². The molecule has 0 unspecified atom stereocenters. The van der Waals surface area contributed by atoms with Crippen molar-refractivity contribution in [3.8, 4) is 0 Å². The van der Waals surface area contributed by atoms with Gasteiger partial charge in [-0.1, -0.05) is 0 Å². The molecular weight excluding hydrogens is 218 g/mol. The van der Waals surface area contributed by atoms with Gasteiger partial charge in [0.15, 0.2) is 0 Å². The first-order valence-corrected chi connectivity index (χ1v) is 0.447. The zero-order valence-electron chi connectivity index (χ0n) is 3.58. The van der Waals surface area contributed by atoms with Gasteiger partial charge in [-0.15, -0.1) is 49.6 Å². The van der Waals surface area contributed by atoms with Gasteiger partial charge in [0, 0.05) is 28.8 Å². The minimum atomic E-state index is 0. The first-order chi connectivity index (χ1) is 1.00. The van der Waals surface area contributed by atoms with E-state index in [-0.39, 0.29) is 71.3 Å². The van der Waals surface area contributed by atoms with Crippen molar-refractivity contribution in [2.75, 3.05) is 7.11 Å². The minimum absolute atomic E-state index is 0. The average molecular weight is 226 g/mol. The van der Waals surface area contributed by atoms with E-state index >= 15 is 0 Å². The number of aliphatic hydroxyl groups is 1. The van der Waals surface area contributed by atoms with E-state index in [0.717, 1.165) is 7.11 Å². The second-order valence-electron chi connectivity index (χ2n) is 0. The normalized spacial score (nSPS) is 0.857. The molecule has 0 aliphatic carbocycles. The van der Waals surface area contributed by atoms with Crippen LogP contribution in [-0.4, -0.2) is 12.2 Å². The molecule has 7 heavy (non-hydrogen) atoms. The van der Waals surface area contributed by atoms with Crippen LogP contribution >= 0.6 is 49.6 Å². The number of hydrogen-bond donors (Lipinski definition) is 1. The Balaban J connectivity index is -0.000000000500. The zero-order valence-corrected chi connectivity index (χ0v) is 8.41. The number of rotatable bonds is 0. The van der Waals surface area contributed by atoms with Gasteiger partial charge >= 0.3 is 0 Å². The number of aliphatic hydroxyl groups excluding tert-OH is 1. The van der Waals surface area contributed by atoms with Crippen LogP contribution in [0, 0.1) is 0 Å². The summed E-state index contributed by atoms with van der Waals surface area (Å²) in [5.74, 6) is 0. The molecule has 0 amide bonds. The molecule has 0 atom stereocenters. The first-order valence-electron chi connectivity index (χ1n) is 0.447. The molecule has 0 aromatic rings. The topological polar surface area (TPSA) is 20.2 Å². The van der Waals surface area contributed by atoms with Gasteiger partial charge in [-0.2, -0.15) is 0 Å². The maximum Gasteiger partial charge on any atom is 0.0319 e. The Kier molecular flexibility index (Phi) is 1050. The quantitative estimate of drug-likeness (QED) is 0.617. The van der Waals surface area contributed by atoms with Crippen molar-refractivity contribution in [3.05, 3.63) is 0 Å². The molecule has 0 aromatic carbocycles. The second-order valence-corrected chi connectivity index (χ2v) is 0. The molecule has 0 saturated carbocycles. The Labute approximate surface area is 83.2 Å². The summed E-state index contributed by atoms with van der Waals surface area (Å²) in [5, 5.41) is 7.00. The summed E-state index contributed by atoms with van der Waals surface area (Å²) in [5.41, 5.74) is 0. The first kappa shape index (κ1) is 67.5. The van der Waals surface area contributed by atoms with Gasteiger partial charge in [-0.05, 0) is 0 Å². The molecule has 50 valence electrons. The predicted molar refractivity (Wildman–Crippen MR) is 37.1 cm³/mol. The van der Waals surface area contributed by atoms with Gasteiger partial charge in [0.1, 0.15) is 0 Å². The van der Waals surface area contributed by atoms with Crippen molar-refractivity contribution in [3.63, 3.8) is 0 Å². The fourth-order valence-corrected chi connectivity index (χ4v) is 0. The van der Waals surface area contributed by atoms with Crippen LogP contribution in [0.4, 0.5) is 0 Å². The Morgan fingerprint density at radius 2 is 0.714 bits per heavy atom. The molecular formula is CH8Cl4OTi. The van der Waals surface area contributed by atoms with Crippen molar-refractivity contribution >= 4 is 49.6 Å². The molecule has 0 aromatic heterocycles. The van der Waals surface area contributed by atoms with Crippen LogP contribution in [0.1, 0.15) is 0 Å². The third-order valence-electron chi connectivity index (χ3n) is 0. The van der Waals surface area contributed by atoms with Gasteiger partial charge in [0.2, 0.25) is 0 Å². The fraction of sp³-hybridized carbons (Fsp3) is 1.00. The molecule has 0 heterocycles. The monoisotopic (exact) mass is 224 g/mol. The minimum Gasteiger partial charge on any atom is -0.400 e. The van der Waals surface area contributed by atoms with Crippen LogP contribution in [0.5, 0.6) is 0 Å². The molecule has 0 aliphatic rings. The zero-order chi connectivity index (χ0) is 2.00. The van der Waals surface area contributed by atoms with E-state index in [1.807, 2.05) is 0 Å². The van der Waals surface area contributed by atoms with E-state index in [1.54, 1.807) is 0 Å². The van der Waals surface area contributed by atoms with Crippen molar-refractivity contribution in [1.29, 1.82) is 0 Å². The summed E-state index contributed by atoms with van der Waals surface area (Å²) >= 11 is 0. The van der Waals surface area contributed by atoms with Gasteiger partial charge in [0.25, 0.3) is 0 Å². The van der Waals surface area contributed by atoms with Crippen molar-refractivity contribution in [2.24, 2.45) is 0 Å². The summed E-state index contributed by atoms with van der Waals surface area (Å²) in [6, 6.07) is 0. The molecule has 0 rings (SSSR count). The summed E-state index contributed by atoms with van der Waals surface area (Å²) in [4.78, 5) is 0. The smallest absolute Gasteiger partial charge is 0.0319 e. The van der Waals surface area contributed by atoms with Crippen molar-refractivity contribution in [2.45, 2.75) is 0 Å². The summed E-state index contributed by atoms with van der Waals surface area (Å²) in [6.45, 7) is 0. The molecule has 1 N–H and O–H groups in total. The van der Waals surface area contributed by atoms with E-state index in [1.165, 1.54) is 0 Å². The standard InChI is InChI=1S/CH4O.4ClH.Ti/c1-2;;;;;/h2H,1H3;4*1H;. The van der Waals surface area contributed by atoms with Crippen molar-refractivity contribution < 1.29 is 26.8 Å². The van der Waals surface area contributed by atoms with E-state index in [0.29, 0.717) is 0 Å². The molecule has 0 fully saturated rings. The Morgan fingerprint density at radius 1 is 0.714 bits per heavy atom. The third-order valence-corrected chi connectivity index (χ3v) is 0. The maximum absolute atomic E-state index is 7.00. The van der Waals surface area contributed by atoms with E-state index in [2.05, 4.69) is 0 Å². The Bertz CT molecular complexity index is 11.7. The van der Waals surface area contributed by atoms with E-state index < -0.39 is 0 Å². The molecule has 0 spiro atoms. The predicted octanol–water partition coefficient (Wildman–Crippen LogP) is 1.29. The summed E-state index contributed by atoms with van der Waals surface area (Å²) < 4.78 is 0. The molecule has 0 saturated heterocycles. The molecule has 0 radical (unpaired) electrons. The summed E-state index contributed by atoms with van der Waals surface area (Å²) in [7, 11) is 1.00. The maximum atomic E-state index is 7.00. The number of hydrogen-bond acceptors (Lipinski definition) is 1.